The fourth-order valence-corrected chi connectivity index (χ4v) is 2.36. The van der Waals surface area contributed by atoms with Gasteiger partial charge in [0.1, 0.15) is 5.69 Å². The molecule has 0 unspecified atom stereocenters. The molecule has 1 saturated carbocycles. The van der Waals surface area contributed by atoms with Crippen LogP contribution >= 0.6 is 23.2 Å². The van der Waals surface area contributed by atoms with Gasteiger partial charge in [-0.3, -0.25) is 10.1 Å². The van der Waals surface area contributed by atoms with Crippen LogP contribution < -0.4 is 5.32 Å². The van der Waals surface area contributed by atoms with Crippen molar-refractivity contribution in [2.75, 3.05) is 5.32 Å². The number of hydrogen-bond acceptors (Lipinski definition) is 3. The molecule has 1 aromatic rings. The van der Waals surface area contributed by atoms with Gasteiger partial charge in [0.2, 0.25) is 0 Å². The smallest absolute Gasteiger partial charge is 0.293 e. The number of rotatable bonds is 4. The molecule has 1 aromatic carbocycles. The van der Waals surface area contributed by atoms with E-state index in [0.29, 0.717) is 16.6 Å². The monoisotopic (exact) mass is 288 g/mol. The Kier molecular flexibility index (Phi) is 3.43. The van der Waals surface area contributed by atoms with E-state index in [9.17, 15) is 10.1 Å². The Balaban J connectivity index is 2.36. The van der Waals surface area contributed by atoms with Crippen LogP contribution in [0.4, 0.5) is 11.4 Å². The lowest BCUT2D eigenvalue weighted by atomic mass is 9.98. The number of nitro benzene ring substituents is 1. The van der Waals surface area contributed by atoms with Crippen molar-refractivity contribution in [2.45, 2.75) is 32.2 Å². The quantitative estimate of drug-likeness (QED) is 0.655. The van der Waals surface area contributed by atoms with Gasteiger partial charge in [0, 0.05) is 11.6 Å². The van der Waals surface area contributed by atoms with E-state index in [1.807, 2.05) is 13.8 Å². The van der Waals surface area contributed by atoms with Gasteiger partial charge >= 0.3 is 0 Å². The number of nitrogens with one attached hydrogen (secondary N) is 1. The predicted molar refractivity (Wildman–Crippen MR) is 73.5 cm³/mol. The number of halogens is 2. The second kappa shape index (κ2) is 4.59. The highest BCUT2D eigenvalue weighted by molar-refractivity contribution is 6.42. The van der Waals surface area contributed by atoms with Crippen molar-refractivity contribution in [3.63, 3.8) is 0 Å². The highest BCUT2D eigenvalue weighted by Gasteiger charge is 2.38. The van der Waals surface area contributed by atoms with Crippen molar-refractivity contribution in [3.05, 3.63) is 32.3 Å². The highest BCUT2D eigenvalue weighted by Crippen LogP contribution is 2.43. The molecule has 1 fully saturated rings. The summed E-state index contributed by atoms with van der Waals surface area (Å²) < 4.78 is 0. The third kappa shape index (κ3) is 2.70. The van der Waals surface area contributed by atoms with Crippen LogP contribution in [0, 0.1) is 16.0 Å². The molecule has 0 aliphatic heterocycles. The van der Waals surface area contributed by atoms with E-state index in [1.54, 1.807) is 0 Å². The molecule has 0 aromatic heterocycles. The Hall–Kier alpha value is -1.00. The summed E-state index contributed by atoms with van der Waals surface area (Å²) in [6, 6.07) is 2.81. The molecule has 18 heavy (non-hydrogen) atoms. The molecule has 1 aliphatic rings. The van der Waals surface area contributed by atoms with Gasteiger partial charge in [-0.15, -0.1) is 0 Å². The van der Waals surface area contributed by atoms with Crippen molar-refractivity contribution >= 4 is 34.6 Å². The van der Waals surface area contributed by atoms with E-state index in [-0.39, 0.29) is 16.2 Å². The zero-order valence-electron chi connectivity index (χ0n) is 10.2. The van der Waals surface area contributed by atoms with Gasteiger partial charge in [-0.25, -0.2) is 0 Å². The molecular formula is C12H14Cl2N2O2. The molecule has 1 aliphatic carbocycles. The number of nitro groups is 1. The molecule has 4 nitrogen and oxygen atoms in total. The van der Waals surface area contributed by atoms with E-state index >= 15 is 0 Å². The highest BCUT2D eigenvalue weighted by atomic mass is 35.5. The molecule has 0 spiro atoms. The lowest BCUT2D eigenvalue weighted by Gasteiger charge is -2.27. The van der Waals surface area contributed by atoms with Gasteiger partial charge < -0.3 is 5.32 Å². The van der Waals surface area contributed by atoms with Gasteiger partial charge in [0.25, 0.3) is 5.69 Å². The number of anilines is 1. The Morgan fingerprint density at radius 2 is 1.89 bits per heavy atom. The number of benzene rings is 1. The summed E-state index contributed by atoms with van der Waals surface area (Å²) >= 11 is 11.7. The van der Waals surface area contributed by atoms with E-state index in [0.717, 1.165) is 12.8 Å². The summed E-state index contributed by atoms with van der Waals surface area (Å²) in [5.74, 6) is 0.548. The zero-order chi connectivity index (χ0) is 13.5. The minimum atomic E-state index is -0.451. The first-order chi connectivity index (χ1) is 8.31. The van der Waals surface area contributed by atoms with E-state index in [4.69, 9.17) is 23.2 Å². The SMILES string of the molecule is CC(C)(Nc1cc(Cl)c(Cl)cc1[N+](=O)[O-])C1CC1. The zero-order valence-corrected chi connectivity index (χ0v) is 11.7. The second-order valence-electron chi connectivity index (χ2n) is 5.16. The van der Waals surface area contributed by atoms with E-state index < -0.39 is 4.92 Å². The maximum Gasteiger partial charge on any atom is 0.293 e. The van der Waals surface area contributed by atoms with Crippen molar-refractivity contribution in [1.82, 2.24) is 0 Å². The maximum absolute atomic E-state index is 11.0. The summed E-state index contributed by atoms with van der Waals surface area (Å²) in [5, 5.41) is 14.7. The van der Waals surface area contributed by atoms with Crippen molar-refractivity contribution in [1.29, 1.82) is 0 Å². The fraction of sp³-hybridized carbons (Fsp3) is 0.500. The molecule has 0 saturated heterocycles. The normalized spacial score (nSPS) is 15.6. The molecule has 98 valence electrons. The molecule has 1 N–H and O–H groups in total. The molecule has 6 heteroatoms. The van der Waals surface area contributed by atoms with Crippen molar-refractivity contribution in [3.8, 4) is 0 Å². The lowest BCUT2D eigenvalue weighted by molar-refractivity contribution is -0.384. The van der Waals surface area contributed by atoms with Crippen LogP contribution in [0.3, 0.4) is 0 Å². The summed E-state index contributed by atoms with van der Waals surface area (Å²) in [6.07, 6.45) is 2.30. The summed E-state index contributed by atoms with van der Waals surface area (Å²) in [5.41, 5.74) is 0.200. The molecule has 0 bridgehead atoms. The van der Waals surface area contributed by atoms with Crippen molar-refractivity contribution < 1.29 is 4.92 Å². The standard InChI is InChI=1S/C12H14Cl2N2O2/c1-12(2,7-3-4-7)15-10-5-8(13)9(14)6-11(10)16(17)18/h5-7,15H,3-4H2,1-2H3. The summed E-state index contributed by atoms with van der Waals surface area (Å²) in [7, 11) is 0. The van der Waals surface area contributed by atoms with Gasteiger partial charge in [-0.2, -0.15) is 0 Å². The van der Waals surface area contributed by atoms with Gasteiger partial charge in [-0.1, -0.05) is 23.2 Å². The Bertz CT molecular complexity index is 499. The lowest BCUT2D eigenvalue weighted by Crippen LogP contribution is -2.33. The maximum atomic E-state index is 11.0. The molecule has 2 rings (SSSR count). The average molecular weight is 289 g/mol. The first-order valence-corrected chi connectivity index (χ1v) is 6.48. The summed E-state index contributed by atoms with van der Waals surface area (Å²) in [6.45, 7) is 4.08. The van der Waals surface area contributed by atoms with Crippen LogP contribution in [-0.4, -0.2) is 10.5 Å². The Morgan fingerprint density at radius 3 is 2.39 bits per heavy atom. The predicted octanol–water partition coefficient (Wildman–Crippen LogP) is 4.50. The molecule has 0 heterocycles. The Labute approximate surface area is 115 Å². The third-order valence-electron chi connectivity index (χ3n) is 3.29. The van der Waals surface area contributed by atoms with Gasteiger partial charge in [0.05, 0.1) is 15.0 Å². The first kappa shape index (κ1) is 13.4. The molecular weight excluding hydrogens is 275 g/mol. The number of hydrogen-bond donors (Lipinski definition) is 1. The molecule has 0 radical (unpaired) electrons. The average Bonchev–Trinajstić information content (AvgIpc) is 3.05. The fourth-order valence-electron chi connectivity index (χ4n) is 2.04. The summed E-state index contributed by atoms with van der Waals surface area (Å²) in [4.78, 5) is 10.6. The minimum absolute atomic E-state index is 0.0434. The van der Waals surface area contributed by atoms with Crippen LogP contribution in [-0.2, 0) is 0 Å². The van der Waals surface area contributed by atoms with E-state index in [2.05, 4.69) is 5.32 Å². The van der Waals surface area contributed by atoms with Crippen LogP contribution in [0.25, 0.3) is 0 Å². The van der Waals surface area contributed by atoms with Gasteiger partial charge in [0.15, 0.2) is 0 Å². The van der Waals surface area contributed by atoms with Gasteiger partial charge in [-0.05, 0) is 38.7 Å². The van der Waals surface area contributed by atoms with Crippen LogP contribution in [0.15, 0.2) is 12.1 Å². The molecule has 0 atom stereocenters. The Morgan fingerprint density at radius 1 is 1.33 bits per heavy atom. The first-order valence-electron chi connectivity index (χ1n) is 5.73. The molecule has 0 amide bonds. The van der Waals surface area contributed by atoms with Crippen LogP contribution in [0.5, 0.6) is 0 Å². The minimum Gasteiger partial charge on any atom is -0.374 e. The van der Waals surface area contributed by atoms with E-state index in [1.165, 1.54) is 12.1 Å². The number of nitrogens with zero attached hydrogens (tertiary/aromatic N) is 1. The topological polar surface area (TPSA) is 55.2 Å². The third-order valence-corrected chi connectivity index (χ3v) is 4.01. The van der Waals surface area contributed by atoms with Crippen LogP contribution in [0.1, 0.15) is 26.7 Å². The van der Waals surface area contributed by atoms with Crippen LogP contribution in [0.2, 0.25) is 10.0 Å². The largest absolute Gasteiger partial charge is 0.374 e. The van der Waals surface area contributed by atoms with Crippen molar-refractivity contribution in [2.24, 2.45) is 5.92 Å². The second-order valence-corrected chi connectivity index (χ2v) is 5.98.